The van der Waals surface area contributed by atoms with Gasteiger partial charge in [0.05, 0.1) is 16.8 Å². The summed E-state index contributed by atoms with van der Waals surface area (Å²) in [5.41, 5.74) is 2.30. The lowest BCUT2D eigenvalue weighted by Crippen LogP contribution is -1.99. The lowest BCUT2D eigenvalue weighted by Gasteiger charge is -2.09. The summed E-state index contributed by atoms with van der Waals surface area (Å²) in [6.07, 6.45) is 6.34. The molecule has 27 heavy (non-hydrogen) atoms. The maximum Gasteiger partial charge on any atom is 0.175 e. The lowest BCUT2D eigenvalue weighted by atomic mass is 10.1. The molecule has 4 rings (SSSR count). The molecule has 3 heterocycles. The molecule has 3 aromatic heterocycles. The van der Waals surface area contributed by atoms with Crippen LogP contribution in [0, 0.1) is 0 Å². The molecule has 4 aromatic rings. The summed E-state index contributed by atoms with van der Waals surface area (Å²) in [6.45, 7) is 0. The summed E-state index contributed by atoms with van der Waals surface area (Å²) >= 11 is 0. The van der Waals surface area contributed by atoms with E-state index >= 15 is 0 Å². The Bertz CT molecular complexity index is 1230. The number of sulfone groups is 1. The second-order valence-corrected chi connectivity index (χ2v) is 8.13. The largest absolute Gasteiger partial charge is 0.340 e. The first-order chi connectivity index (χ1) is 12.9. The van der Waals surface area contributed by atoms with Crippen LogP contribution in [0.25, 0.3) is 22.2 Å². The minimum atomic E-state index is -3.22. The van der Waals surface area contributed by atoms with Gasteiger partial charge in [-0.1, -0.05) is 5.21 Å². The Morgan fingerprint density at radius 1 is 1.04 bits per heavy atom. The van der Waals surface area contributed by atoms with E-state index in [0.29, 0.717) is 5.82 Å². The van der Waals surface area contributed by atoms with Crippen molar-refractivity contribution in [3.8, 4) is 11.4 Å². The molecule has 136 valence electrons. The van der Waals surface area contributed by atoms with Crippen molar-refractivity contribution in [3.63, 3.8) is 0 Å². The van der Waals surface area contributed by atoms with Crippen molar-refractivity contribution in [2.24, 2.45) is 7.05 Å². The number of anilines is 2. The molecule has 0 saturated carbocycles. The average Bonchev–Trinajstić information content (AvgIpc) is 3.07. The number of rotatable bonds is 4. The molecule has 0 bridgehead atoms. The minimum absolute atomic E-state index is 0.273. The van der Waals surface area contributed by atoms with Crippen LogP contribution in [0.15, 0.2) is 59.9 Å². The van der Waals surface area contributed by atoms with Gasteiger partial charge in [0.15, 0.2) is 9.84 Å². The zero-order chi connectivity index (χ0) is 19.0. The summed E-state index contributed by atoms with van der Waals surface area (Å²) in [5, 5.41) is 12.9. The predicted molar refractivity (Wildman–Crippen MR) is 102 cm³/mol. The number of hydrogen-bond donors (Lipinski definition) is 1. The molecule has 0 aliphatic heterocycles. The number of nitrogens with zero attached hydrogens (tertiary/aromatic N) is 5. The fourth-order valence-corrected chi connectivity index (χ4v) is 3.41. The highest BCUT2D eigenvalue weighted by molar-refractivity contribution is 7.90. The van der Waals surface area contributed by atoms with Crippen molar-refractivity contribution in [3.05, 3.63) is 55.0 Å². The summed E-state index contributed by atoms with van der Waals surface area (Å²) in [5.74, 6) is 0.624. The number of aromatic nitrogens is 5. The smallest absolute Gasteiger partial charge is 0.175 e. The third-order valence-electron chi connectivity index (χ3n) is 4.16. The number of hydrogen-bond acceptors (Lipinski definition) is 7. The maximum absolute atomic E-state index is 11.6. The zero-order valence-corrected chi connectivity index (χ0v) is 15.5. The number of fused-ring (bicyclic) bond motifs is 1. The number of nitrogens with one attached hydrogen (secondary N) is 1. The monoisotopic (exact) mass is 380 g/mol. The van der Waals surface area contributed by atoms with Crippen molar-refractivity contribution in [2.75, 3.05) is 11.6 Å². The van der Waals surface area contributed by atoms with E-state index in [1.165, 1.54) is 6.26 Å². The molecule has 1 aromatic carbocycles. The van der Waals surface area contributed by atoms with Gasteiger partial charge in [-0.15, -0.1) is 5.10 Å². The van der Waals surface area contributed by atoms with Crippen LogP contribution in [0.5, 0.6) is 0 Å². The molecule has 1 N–H and O–H groups in total. The van der Waals surface area contributed by atoms with Gasteiger partial charge in [-0.05, 0) is 36.4 Å². The summed E-state index contributed by atoms with van der Waals surface area (Å²) < 4.78 is 24.8. The Morgan fingerprint density at radius 3 is 2.48 bits per heavy atom. The first kappa shape index (κ1) is 17.1. The molecule has 0 atom stereocenters. The molecule has 0 aliphatic carbocycles. The topological polar surface area (TPSA) is 103 Å². The molecule has 0 amide bonds. The van der Waals surface area contributed by atoms with E-state index in [4.69, 9.17) is 0 Å². The lowest BCUT2D eigenvalue weighted by molar-refractivity contribution is 0.602. The average molecular weight is 380 g/mol. The standard InChI is InChI=1S/C18H16N6O2S/c1-24-16(11-21-23-24)18-15-9-17(20-10-12(15)7-8-19-18)22-13-3-5-14(6-4-13)27(2,25)26/h3-11H,1-2H3,(H,20,22). The molecule has 0 radical (unpaired) electrons. The quantitative estimate of drug-likeness (QED) is 0.580. The van der Waals surface area contributed by atoms with Gasteiger partial charge in [0.1, 0.15) is 11.5 Å². The molecule has 0 saturated heterocycles. The molecule has 0 spiro atoms. The van der Waals surface area contributed by atoms with Gasteiger partial charge in [0, 0.05) is 42.2 Å². The van der Waals surface area contributed by atoms with E-state index in [1.54, 1.807) is 47.5 Å². The van der Waals surface area contributed by atoms with Crippen molar-refractivity contribution in [1.29, 1.82) is 0 Å². The highest BCUT2D eigenvalue weighted by Crippen LogP contribution is 2.28. The van der Waals surface area contributed by atoms with Crippen LogP contribution in [0.1, 0.15) is 0 Å². The van der Waals surface area contributed by atoms with Gasteiger partial charge in [-0.2, -0.15) is 0 Å². The summed E-state index contributed by atoms with van der Waals surface area (Å²) in [6, 6.07) is 10.3. The second kappa shape index (κ2) is 6.44. The fourth-order valence-electron chi connectivity index (χ4n) is 2.78. The van der Waals surface area contributed by atoms with E-state index in [2.05, 4.69) is 25.6 Å². The fraction of sp³-hybridized carbons (Fsp3) is 0.111. The first-order valence-corrected chi connectivity index (χ1v) is 9.98. The predicted octanol–water partition coefficient (Wildman–Crippen LogP) is 2.57. The normalized spacial score (nSPS) is 11.6. The summed E-state index contributed by atoms with van der Waals surface area (Å²) in [7, 11) is -1.41. The van der Waals surface area contributed by atoms with Crippen LogP contribution in [-0.4, -0.2) is 39.6 Å². The first-order valence-electron chi connectivity index (χ1n) is 8.09. The number of benzene rings is 1. The molecule has 9 heteroatoms. The Balaban J connectivity index is 1.72. The summed E-state index contributed by atoms with van der Waals surface area (Å²) in [4.78, 5) is 9.17. The maximum atomic E-state index is 11.6. The van der Waals surface area contributed by atoms with Crippen LogP contribution >= 0.6 is 0 Å². The van der Waals surface area contributed by atoms with E-state index in [1.807, 2.05) is 19.2 Å². The van der Waals surface area contributed by atoms with E-state index in [0.717, 1.165) is 27.8 Å². The van der Waals surface area contributed by atoms with Crippen LogP contribution in [-0.2, 0) is 16.9 Å². The van der Waals surface area contributed by atoms with Crippen molar-refractivity contribution >= 4 is 32.1 Å². The molecule has 0 unspecified atom stereocenters. The third-order valence-corrected chi connectivity index (χ3v) is 5.29. The van der Waals surface area contributed by atoms with E-state index in [-0.39, 0.29) is 4.90 Å². The van der Waals surface area contributed by atoms with Crippen LogP contribution < -0.4 is 5.32 Å². The van der Waals surface area contributed by atoms with Gasteiger partial charge in [0.2, 0.25) is 0 Å². The Kier molecular flexibility index (Phi) is 4.08. The van der Waals surface area contributed by atoms with Gasteiger partial charge in [-0.3, -0.25) is 4.98 Å². The molecular weight excluding hydrogens is 364 g/mol. The van der Waals surface area contributed by atoms with Gasteiger partial charge in [-0.25, -0.2) is 18.1 Å². The molecular formula is C18H16N6O2S. The van der Waals surface area contributed by atoms with Crippen LogP contribution in [0.4, 0.5) is 11.5 Å². The molecule has 0 aliphatic rings. The zero-order valence-electron chi connectivity index (χ0n) is 14.7. The SMILES string of the molecule is Cn1nncc1-c1nccc2cnc(Nc3ccc(S(C)(=O)=O)cc3)cc12. The second-order valence-electron chi connectivity index (χ2n) is 6.11. The van der Waals surface area contributed by atoms with Crippen LogP contribution in [0.3, 0.4) is 0 Å². The highest BCUT2D eigenvalue weighted by atomic mass is 32.2. The Morgan fingerprint density at radius 2 is 1.81 bits per heavy atom. The van der Waals surface area contributed by atoms with Crippen molar-refractivity contribution in [1.82, 2.24) is 25.0 Å². The van der Waals surface area contributed by atoms with Gasteiger partial charge >= 0.3 is 0 Å². The Labute approximate surface area is 155 Å². The highest BCUT2D eigenvalue weighted by Gasteiger charge is 2.11. The van der Waals surface area contributed by atoms with E-state index < -0.39 is 9.84 Å². The van der Waals surface area contributed by atoms with Gasteiger partial charge < -0.3 is 5.32 Å². The molecule has 8 nitrogen and oxygen atoms in total. The third kappa shape index (κ3) is 3.36. The Hall–Kier alpha value is -3.33. The van der Waals surface area contributed by atoms with Crippen molar-refractivity contribution < 1.29 is 8.42 Å². The van der Waals surface area contributed by atoms with Gasteiger partial charge in [0.25, 0.3) is 0 Å². The number of aryl methyl sites for hydroxylation is 1. The van der Waals surface area contributed by atoms with Crippen molar-refractivity contribution in [2.45, 2.75) is 4.90 Å². The molecule has 0 fully saturated rings. The number of pyridine rings is 2. The minimum Gasteiger partial charge on any atom is -0.340 e. The van der Waals surface area contributed by atoms with E-state index in [9.17, 15) is 8.42 Å². The van der Waals surface area contributed by atoms with Crippen LogP contribution in [0.2, 0.25) is 0 Å².